The van der Waals surface area contributed by atoms with E-state index in [9.17, 15) is 18.0 Å². The third kappa shape index (κ3) is 3.92. The molecule has 37 heavy (non-hydrogen) atoms. The number of ether oxygens (including phenoxy) is 1. The summed E-state index contributed by atoms with van der Waals surface area (Å²) in [6.45, 7) is -0.00531. The summed E-state index contributed by atoms with van der Waals surface area (Å²) in [7, 11) is -3.77. The number of primary sulfonamides is 1. The molecule has 0 saturated heterocycles. The molecule has 6 rings (SSSR count). The number of aromatic nitrogens is 2. The van der Waals surface area contributed by atoms with Gasteiger partial charge < -0.3 is 10.1 Å². The van der Waals surface area contributed by atoms with Crippen molar-refractivity contribution in [2.75, 3.05) is 6.61 Å². The molecule has 1 amide bonds. The number of carbonyl (C=O) groups excluding carboxylic acids is 1. The standard InChI is InChI=1S/C27H20N4O5S/c28-37(34,35)18-8-5-16(6-9-18)14-30-24(32)15-36-17-7-10-23-22(13-17)20-11-12-29-25-19-3-1-2-4-21(19)27(33)31(23)26(20)25/h1-13H,14-15H2,(H,30,32)(H2,28,34,35). The molecule has 0 radical (unpaired) electrons. The Kier molecular flexibility index (Phi) is 5.28. The number of sulfonamides is 1. The predicted octanol–water partition coefficient (Wildman–Crippen LogP) is 2.93. The molecule has 3 aromatic heterocycles. The van der Waals surface area contributed by atoms with Crippen molar-refractivity contribution in [2.24, 2.45) is 5.14 Å². The highest BCUT2D eigenvalue weighted by Gasteiger charge is 2.18. The Morgan fingerprint density at radius 1 is 0.946 bits per heavy atom. The number of rotatable bonds is 6. The molecule has 184 valence electrons. The zero-order valence-electron chi connectivity index (χ0n) is 19.3. The van der Waals surface area contributed by atoms with Gasteiger partial charge in [0.15, 0.2) is 6.61 Å². The minimum atomic E-state index is -3.77. The van der Waals surface area contributed by atoms with E-state index >= 15 is 0 Å². The number of nitrogens with zero attached hydrogens (tertiary/aromatic N) is 2. The molecule has 3 aromatic carbocycles. The van der Waals surface area contributed by atoms with Crippen LogP contribution in [0.25, 0.3) is 38.1 Å². The van der Waals surface area contributed by atoms with Gasteiger partial charge in [0.1, 0.15) is 5.75 Å². The first-order valence-electron chi connectivity index (χ1n) is 11.4. The van der Waals surface area contributed by atoms with Crippen molar-refractivity contribution in [3.05, 3.63) is 94.9 Å². The fourth-order valence-corrected chi connectivity index (χ4v) is 5.15. The zero-order chi connectivity index (χ0) is 25.7. The SMILES string of the molecule is NS(=O)(=O)c1ccc(CNC(=O)COc2ccc3c(c2)c2ccnc4c5ccccc5c(=O)n3c24)cc1. The van der Waals surface area contributed by atoms with Gasteiger partial charge in [-0.1, -0.05) is 30.3 Å². The largest absolute Gasteiger partial charge is 0.484 e. The van der Waals surface area contributed by atoms with Crippen LogP contribution in [-0.2, 0) is 21.4 Å². The quantitative estimate of drug-likeness (QED) is 0.330. The van der Waals surface area contributed by atoms with Crippen LogP contribution in [0.1, 0.15) is 5.56 Å². The molecule has 0 atom stereocenters. The second-order valence-electron chi connectivity index (χ2n) is 8.68. The highest BCUT2D eigenvalue weighted by molar-refractivity contribution is 7.89. The van der Waals surface area contributed by atoms with Crippen LogP contribution in [-0.4, -0.2) is 30.3 Å². The summed E-state index contributed by atoms with van der Waals surface area (Å²) < 4.78 is 30.1. The highest BCUT2D eigenvalue weighted by Crippen LogP contribution is 2.34. The van der Waals surface area contributed by atoms with Crippen LogP contribution in [0.3, 0.4) is 0 Å². The molecular weight excluding hydrogens is 492 g/mol. The first-order valence-corrected chi connectivity index (χ1v) is 12.9. The Morgan fingerprint density at radius 2 is 1.70 bits per heavy atom. The van der Waals surface area contributed by atoms with Crippen LogP contribution in [0.2, 0.25) is 0 Å². The minimum absolute atomic E-state index is 0.00602. The minimum Gasteiger partial charge on any atom is -0.484 e. The molecule has 0 saturated carbocycles. The molecule has 10 heteroatoms. The first-order chi connectivity index (χ1) is 17.8. The van der Waals surface area contributed by atoms with E-state index in [0.29, 0.717) is 11.1 Å². The Hall–Kier alpha value is -4.54. The monoisotopic (exact) mass is 512 g/mol. The molecule has 0 aliphatic heterocycles. The maximum atomic E-state index is 13.3. The summed E-state index contributed by atoms with van der Waals surface area (Å²) in [6, 6.07) is 20.6. The third-order valence-corrected chi connectivity index (χ3v) is 7.30. The summed E-state index contributed by atoms with van der Waals surface area (Å²) in [4.78, 5) is 30.3. The Labute approximate surface area is 210 Å². The molecule has 6 aromatic rings. The number of nitrogens with one attached hydrogen (secondary N) is 1. The van der Waals surface area contributed by atoms with E-state index < -0.39 is 10.0 Å². The normalized spacial score (nSPS) is 12.0. The van der Waals surface area contributed by atoms with Gasteiger partial charge in [0.05, 0.1) is 21.4 Å². The van der Waals surface area contributed by atoms with E-state index in [2.05, 4.69) is 10.3 Å². The summed E-state index contributed by atoms with van der Waals surface area (Å²) in [5.41, 5.74) is 2.85. The molecule has 0 aliphatic carbocycles. The average molecular weight is 513 g/mol. The van der Waals surface area contributed by atoms with Gasteiger partial charge in [-0.3, -0.25) is 19.0 Å². The lowest BCUT2D eigenvalue weighted by Gasteiger charge is -2.08. The molecule has 0 spiro atoms. The molecule has 0 unspecified atom stereocenters. The summed E-state index contributed by atoms with van der Waals surface area (Å²) >= 11 is 0. The summed E-state index contributed by atoms with van der Waals surface area (Å²) in [5, 5.41) is 10.9. The molecule has 0 aliphatic rings. The number of hydrogen-bond acceptors (Lipinski definition) is 6. The van der Waals surface area contributed by atoms with E-state index in [4.69, 9.17) is 9.88 Å². The molecule has 0 bridgehead atoms. The number of nitrogens with two attached hydrogens (primary N) is 1. The van der Waals surface area contributed by atoms with Crippen molar-refractivity contribution in [2.45, 2.75) is 11.4 Å². The summed E-state index contributed by atoms with van der Waals surface area (Å²) in [6.07, 6.45) is 1.73. The van der Waals surface area contributed by atoms with E-state index in [1.54, 1.807) is 34.9 Å². The second kappa shape index (κ2) is 8.54. The van der Waals surface area contributed by atoms with Crippen LogP contribution in [0, 0.1) is 0 Å². The van der Waals surface area contributed by atoms with Gasteiger partial charge in [-0.25, -0.2) is 13.6 Å². The fourth-order valence-electron chi connectivity index (χ4n) is 4.64. The predicted molar refractivity (Wildman–Crippen MR) is 140 cm³/mol. The number of carbonyl (C=O) groups is 1. The van der Waals surface area contributed by atoms with Gasteiger partial charge in [0, 0.05) is 34.3 Å². The van der Waals surface area contributed by atoms with E-state index in [1.165, 1.54) is 12.1 Å². The number of fused-ring (bicyclic) bond motifs is 5. The number of amides is 1. The maximum absolute atomic E-state index is 13.3. The fraction of sp³-hybridized carbons (Fsp3) is 0.0741. The number of hydrogen-bond donors (Lipinski definition) is 2. The maximum Gasteiger partial charge on any atom is 0.263 e. The lowest BCUT2D eigenvalue weighted by atomic mass is 10.1. The molecule has 3 heterocycles. The Bertz CT molecular complexity index is 2000. The first kappa shape index (κ1) is 22.9. The second-order valence-corrected chi connectivity index (χ2v) is 10.2. The van der Waals surface area contributed by atoms with Gasteiger partial charge in [-0.2, -0.15) is 0 Å². The van der Waals surface area contributed by atoms with Crippen molar-refractivity contribution in [1.29, 1.82) is 0 Å². The van der Waals surface area contributed by atoms with E-state index in [0.717, 1.165) is 38.3 Å². The lowest BCUT2D eigenvalue weighted by Crippen LogP contribution is -2.28. The van der Waals surface area contributed by atoms with Crippen LogP contribution in [0.5, 0.6) is 5.75 Å². The van der Waals surface area contributed by atoms with Crippen molar-refractivity contribution >= 4 is 54.0 Å². The average Bonchev–Trinajstić information content (AvgIpc) is 3.24. The van der Waals surface area contributed by atoms with Crippen molar-refractivity contribution in [1.82, 2.24) is 14.7 Å². The van der Waals surface area contributed by atoms with Crippen molar-refractivity contribution in [3.63, 3.8) is 0 Å². The molecule has 0 fully saturated rings. The zero-order valence-corrected chi connectivity index (χ0v) is 20.2. The number of pyridine rings is 2. The highest BCUT2D eigenvalue weighted by atomic mass is 32.2. The topological polar surface area (TPSA) is 133 Å². The number of benzene rings is 3. The smallest absolute Gasteiger partial charge is 0.263 e. The molecular formula is C27H20N4O5S. The summed E-state index contributed by atoms with van der Waals surface area (Å²) in [5.74, 6) is 0.148. The van der Waals surface area contributed by atoms with Crippen molar-refractivity contribution in [3.8, 4) is 5.75 Å². The third-order valence-electron chi connectivity index (χ3n) is 6.37. The van der Waals surface area contributed by atoms with Gasteiger partial charge in [0.25, 0.3) is 11.5 Å². The Balaban J connectivity index is 1.25. The Morgan fingerprint density at radius 3 is 2.46 bits per heavy atom. The van der Waals surface area contributed by atoms with Gasteiger partial charge in [-0.15, -0.1) is 0 Å². The van der Waals surface area contributed by atoms with Crippen LogP contribution < -0.4 is 20.8 Å². The van der Waals surface area contributed by atoms with Crippen molar-refractivity contribution < 1.29 is 17.9 Å². The lowest BCUT2D eigenvalue weighted by molar-refractivity contribution is -0.123. The van der Waals surface area contributed by atoms with Crippen LogP contribution in [0.4, 0.5) is 0 Å². The molecule has 9 nitrogen and oxygen atoms in total. The molecule has 3 N–H and O–H groups in total. The van der Waals surface area contributed by atoms with Gasteiger partial charge in [-0.05, 0) is 48.0 Å². The van der Waals surface area contributed by atoms with Gasteiger partial charge in [0.2, 0.25) is 10.0 Å². The van der Waals surface area contributed by atoms with Gasteiger partial charge >= 0.3 is 0 Å². The van der Waals surface area contributed by atoms with E-state index in [-0.39, 0.29) is 29.5 Å². The van der Waals surface area contributed by atoms with Crippen LogP contribution >= 0.6 is 0 Å². The van der Waals surface area contributed by atoms with E-state index in [1.807, 2.05) is 36.4 Å². The van der Waals surface area contributed by atoms with Crippen LogP contribution in [0.15, 0.2) is 88.7 Å².